The fourth-order valence-electron chi connectivity index (χ4n) is 2.63. The van der Waals surface area contributed by atoms with E-state index in [2.05, 4.69) is 0 Å². The molecule has 0 unspecified atom stereocenters. The van der Waals surface area contributed by atoms with E-state index in [-0.39, 0.29) is 9.80 Å². The molecule has 1 aliphatic heterocycles. The van der Waals surface area contributed by atoms with Gasteiger partial charge in [-0.1, -0.05) is 41.4 Å². The van der Waals surface area contributed by atoms with Gasteiger partial charge >= 0.3 is 0 Å². The Morgan fingerprint density at radius 1 is 1.04 bits per heavy atom. The van der Waals surface area contributed by atoms with Crippen molar-refractivity contribution in [3.8, 4) is 0 Å². The van der Waals surface area contributed by atoms with Gasteiger partial charge in [0.1, 0.15) is 0 Å². The molecule has 0 spiro atoms. The summed E-state index contributed by atoms with van der Waals surface area (Å²) in [7, 11) is -3.65. The highest BCUT2D eigenvalue weighted by atomic mass is 35.5. The minimum Gasteiger partial charge on any atom is -0.378 e. The van der Waals surface area contributed by atoms with Crippen molar-refractivity contribution in [3.05, 3.63) is 70.9 Å². The predicted molar refractivity (Wildman–Crippen MR) is 100 cm³/mol. The minimum atomic E-state index is -3.65. The molecule has 1 heterocycles. The Kier molecular flexibility index (Phi) is 5.47. The molecule has 1 fully saturated rings. The maximum Gasteiger partial charge on any atom is 0.208 e. The van der Waals surface area contributed by atoms with Gasteiger partial charge in [-0.25, -0.2) is 8.42 Å². The zero-order valence-electron chi connectivity index (χ0n) is 14.0. The summed E-state index contributed by atoms with van der Waals surface area (Å²) in [5.41, 5.74) is 1.64. The van der Waals surface area contributed by atoms with Crippen LogP contribution in [-0.2, 0) is 14.6 Å². The molecule has 0 atom stereocenters. The van der Waals surface area contributed by atoms with Crippen molar-refractivity contribution in [1.29, 1.82) is 0 Å². The summed E-state index contributed by atoms with van der Waals surface area (Å²) >= 11 is 5.96. The average molecular weight is 378 g/mol. The third kappa shape index (κ3) is 4.24. The largest absolute Gasteiger partial charge is 0.378 e. The summed E-state index contributed by atoms with van der Waals surface area (Å²) in [5, 5.41) is 0.571. The van der Waals surface area contributed by atoms with Crippen molar-refractivity contribution in [2.75, 3.05) is 26.3 Å². The van der Waals surface area contributed by atoms with Gasteiger partial charge in [-0.15, -0.1) is 0 Å². The second kappa shape index (κ2) is 7.60. The number of aryl methyl sites for hydroxylation is 1. The highest BCUT2D eigenvalue weighted by Gasteiger charge is 2.24. The molecule has 0 radical (unpaired) electrons. The predicted octanol–water partition coefficient (Wildman–Crippen LogP) is 3.75. The number of hydrogen-bond acceptors (Lipinski definition) is 4. The van der Waals surface area contributed by atoms with Crippen molar-refractivity contribution in [1.82, 2.24) is 4.90 Å². The molecule has 0 bridgehead atoms. The van der Waals surface area contributed by atoms with Crippen LogP contribution in [0, 0.1) is 6.92 Å². The minimum absolute atomic E-state index is 0.273. The Hall–Kier alpha value is -1.82. The van der Waals surface area contributed by atoms with Gasteiger partial charge in [0.05, 0.1) is 23.0 Å². The maximum absolute atomic E-state index is 13.2. The van der Waals surface area contributed by atoms with Gasteiger partial charge in [0, 0.05) is 24.3 Å². The van der Waals surface area contributed by atoms with Crippen LogP contribution in [0.3, 0.4) is 0 Å². The summed E-state index contributed by atoms with van der Waals surface area (Å²) in [4.78, 5) is 2.54. The summed E-state index contributed by atoms with van der Waals surface area (Å²) in [6.07, 6.45) is 1.72. The first kappa shape index (κ1) is 18.0. The van der Waals surface area contributed by atoms with E-state index in [4.69, 9.17) is 16.3 Å². The molecule has 2 aromatic rings. The normalized spacial score (nSPS) is 16.1. The average Bonchev–Trinajstić information content (AvgIpc) is 2.62. The monoisotopic (exact) mass is 377 g/mol. The third-order valence-corrected chi connectivity index (χ3v) is 6.16. The standard InChI is InChI=1S/C19H20ClNO3S/c1-15-2-8-18(9-3-15)25(22,23)19(14-21-10-12-24-13-11-21)16-4-6-17(20)7-5-16/h2-9,14H,10-13H2,1H3/b19-14+. The Morgan fingerprint density at radius 2 is 1.64 bits per heavy atom. The lowest BCUT2D eigenvalue weighted by Crippen LogP contribution is -2.32. The fourth-order valence-corrected chi connectivity index (χ4v) is 4.24. The van der Waals surface area contributed by atoms with Gasteiger partial charge in [0.15, 0.2) is 0 Å². The summed E-state index contributed by atoms with van der Waals surface area (Å²) in [5.74, 6) is 0. The third-order valence-electron chi connectivity index (χ3n) is 4.10. The van der Waals surface area contributed by atoms with E-state index in [0.29, 0.717) is 36.9 Å². The molecule has 3 rings (SSSR count). The molecule has 0 amide bonds. The number of hydrogen-bond donors (Lipinski definition) is 0. The van der Waals surface area contributed by atoms with Crippen LogP contribution in [0.4, 0.5) is 0 Å². The molecule has 0 aliphatic carbocycles. The quantitative estimate of drug-likeness (QED) is 0.814. The van der Waals surface area contributed by atoms with Crippen LogP contribution in [0.5, 0.6) is 0 Å². The summed E-state index contributed by atoms with van der Waals surface area (Å²) < 4.78 is 31.8. The van der Waals surface area contributed by atoms with E-state index >= 15 is 0 Å². The van der Waals surface area contributed by atoms with Crippen LogP contribution in [-0.4, -0.2) is 39.6 Å². The number of nitrogens with zero attached hydrogens (tertiary/aromatic N) is 1. The number of ether oxygens (including phenoxy) is 1. The lowest BCUT2D eigenvalue weighted by Gasteiger charge is -2.26. The van der Waals surface area contributed by atoms with Crippen molar-refractivity contribution in [2.45, 2.75) is 11.8 Å². The van der Waals surface area contributed by atoms with E-state index in [9.17, 15) is 8.42 Å². The Labute approximate surface area is 153 Å². The molecule has 1 aliphatic rings. The molecule has 1 saturated heterocycles. The molecule has 0 saturated carbocycles. The molecular formula is C19H20ClNO3S. The highest BCUT2D eigenvalue weighted by molar-refractivity contribution is 8.00. The van der Waals surface area contributed by atoms with Crippen molar-refractivity contribution in [3.63, 3.8) is 0 Å². The van der Waals surface area contributed by atoms with Crippen LogP contribution in [0.2, 0.25) is 5.02 Å². The molecule has 0 aromatic heterocycles. The van der Waals surface area contributed by atoms with Crippen LogP contribution >= 0.6 is 11.6 Å². The Morgan fingerprint density at radius 3 is 2.24 bits per heavy atom. The summed E-state index contributed by atoms with van der Waals surface area (Å²) in [6.45, 7) is 4.45. The van der Waals surface area contributed by atoms with Gasteiger partial charge in [0.25, 0.3) is 0 Å². The lowest BCUT2D eigenvalue weighted by atomic mass is 10.2. The van der Waals surface area contributed by atoms with Gasteiger partial charge in [-0.05, 0) is 36.8 Å². The maximum atomic E-state index is 13.2. The zero-order valence-corrected chi connectivity index (χ0v) is 15.6. The number of halogens is 1. The zero-order chi connectivity index (χ0) is 17.9. The summed E-state index contributed by atoms with van der Waals surface area (Å²) in [6, 6.07) is 13.8. The van der Waals surface area contributed by atoms with Gasteiger partial charge < -0.3 is 9.64 Å². The van der Waals surface area contributed by atoms with Gasteiger partial charge in [-0.2, -0.15) is 0 Å². The second-order valence-corrected chi connectivity index (χ2v) is 8.32. The molecule has 132 valence electrons. The molecule has 2 aromatic carbocycles. The van der Waals surface area contributed by atoms with Crippen LogP contribution in [0.15, 0.2) is 59.6 Å². The van der Waals surface area contributed by atoms with Crippen molar-refractivity contribution < 1.29 is 13.2 Å². The van der Waals surface area contributed by atoms with E-state index in [1.165, 1.54) is 0 Å². The second-order valence-electron chi connectivity index (χ2n) is 5.97. The van der Waals surface area contributed by atoms with Crippen molar-refractivity contribution >= 4 is 26.3 Å². The van der Waals surface area contributed by atoms with Crippen LogP contribution in [0.25, 0.3) is 4.91 Å². The van der Waals surface area contributed by atoms with Crippen LogP contribution in [0.1, 0.15) is 11.1 Å². The first-order chi connectivity index (χ1) is 12.0. The molecule has 25 heavy (non-hydrogen) atoms. The van der Waals surface area contributed by atoms with E-state index in [1.807, 2.05) is 11.8 Å². The number of benzene rings is 2. The fraction of sp³-hybridized carbons (Fsp3) is 0.263. The number of morpholine rings is 1. The smallest absolute Gasteiger partial charge is 0.208 e. The lowest BCUT2D eigenvalue weighted by molar-refractivity contribution is 0.0597. The molecule has 4 nitrogen and oxygen atoms in total. The number of rotatable bonds is 4. The van der Waals surface area contributed by atoms with Gasteiger partial charge in [0.2, 0.25) is 9.84 Å². The van der Waals surface area contributed by atoms with E-state index in [0.717, 1.165) is 5.56 Å². The number of sulfone groups is 1. The van der Waals surface area contributed by atoms with Crippen molar-refractivity contribution in [2.24, 2.45) is 0 Å². The molecule has 6 heteroatoms. The van der Waals surface area contributed by atoms with Crippen LogP contribution < -0.4 is 0 Å². The Balaban J connectivity index is 2.07. The van der Waals surface area contributed by atoms with E-state index in [1.54, 1.807) is 54.7 Å². The SMILES string of the molecule is Cc1ccc(S(=O)(=O)/C(=C/N2CCOCC2)c2ccc(Cl)cc2)cc1. The van der Waals surface area contributed by atoms with E-state index < -0.39 is 9.84 Å². The first-order valence-electron chi connectivity index (χ1n) is 8.08. The first-order valence-corrected chi connectivity index (χ1v) is 9.94. The highest BCUT2D eigenvalue weighted by Crippen LogP contribution is 2.29. The topological polar surface area (TPSA) is 46.6 Å². The molecular weight excluding hydrogens is 358 g/mol. The Bertz CT molecular complexity index is 853. The molecule has 0 N–H and O–H groups in total. The van der Waals surface area contributed by atoms with Gasteiger partial charge in [-0.3, -0.25) is 0 Å².